The van der Waals surface area contributed by atoms with Crippen LogP contribution in [0.4, 0.5) is 0 Å². The number of rotatable bonds is 6. The summed E-state index contributed by atoms with van der Waals surface area (Å²) < 4.78 is 1.49. The topological polar surface area (TPSA) is 96.3 Å². The van der Waals surface area contributed by atoms with Gasteiger partial charge in [-0.05, 0) is 38.7 Å². The monoisotopic (exact) mass is 437 g/mol. The van der Waals surface area contributed by atoms with Crippen LogP contribution in [0.5, 0.6) is 0 Å². The minimum absolute atomic E-state index is 0.164. The molecule has 170 valence electrons. The molecule has 2 aliphatic rings. The second-order valence-electron chi connectivity index (χ2n) is 9.16. The highest BCUT2D eigenvalue weighted by Crippen LogP contribution is 2.27. The van der Waals surface area contributed by atoms with Crippen LogP contribution in [-0.2, 0) is 17.8 Å². The highest BCUT2D eigenvalue weighted by atomic mass is 16.2. The summed E-state index contributed by atoms with van der Waals surface area (Å²) in [5, 5.41) is 10.3. The molecule has 0 radical (unpaired) electrons. The Morgan fingerprint density at radius 3 is 2.56 bits per heavy atom. The molecule has 32 heavy (non-hydrogen) atoms. The molecule has 8 nitrogen and oxygen atoms in total. The number of likely N-dealkylation sites (N-methyl/N-ethyl adjacent to an activating group) is 1. The van der Waals surface area contributed by atoms with Crippen molar-refractivity contribution in [3.8, 4) is 0 Å². The van der Waals surface area contributed by atoms with E-state index in [-0.39, 0.29) is 36.0 Å². The number of carbonyl (C=O) groups is 3. The first kappa shape index (κ1) is 22.0. The number of amides is 3. The van der Waals surface area contributed by atoms with E-state index in [1.807, 2.05) is 31.2 Å². The van der Waals surface area contributed by atoms with Gasteiger partial charge in [0, 0.05) is 25.7 Å². The summed E-state index contributed by atoms with van der Waals surface area (Å²) in [7, 11) is 1.63. The smallest absolute Gasteiger partial charge is 0.272 e. The first-order valence-electron chi connectivity index (χ1n) is 11.3. The van der Waals surface area contributed by atoms with Crippen molar-refractivity contribution in [3.05, 3.63) is 52.8 Å². The van der Waals surface area contributed by atoms with Crippen LogP contribution < -0.4 is 10.6 Å². The molecule has 1 aromatic heterocycles. The van der Waals surface area contributed by atoms with Gasteiger partial charge in [0.05, 0.1) is 6.54 Å². The molecule has 8 heteroatoms. The molecule has 4 rings (SSSR count). The summed E-state index contributed by atoms with van der Waals surface area (Å²) in [6.07, 6.45) is 4.88. The maximum atomic E-state index is 13.1. The molecule has 0 saturated heterocycles. The third-order valence-electron chi connectivity index (χ3n) is 6.73. The van der Waals surface area contributed by atoms with Gasteiger partial charge in [0.1, 0.15) is 11.2 Å². The molecule has 1 atom stereocenters. The summed E-state index contributed by atoms with van der Waals surface area (Å²) in [6.45, 7) is 4.47. The number of nitrogens with one attached hydrogen (secondary N) is 2. The van der Waals surface area contributed by atoms with Gasteiger partial charge in [-0.2, -0.15) is 5.10 Å². The molecule has 1 aliphatic carbocycles. The lowest BCUT2D eigenvalue weighted by Gasteiger charge is -2.41. The molecule has 1 aromatic carbocycles. The number of carbonyl (C=O) groups excluding carboxylic acids is 3. The zero-order valence-electron chi connectivity index (χ0n) is 19.0. The third kappa shape index (κ3) is 4.26. The van der Waals surface area contributed by atoms with Crippen molar-refractivity contribution in [1.82, 2.24) is 25.3 Å². The van der Waals surface area contributed by atoms with Crippen molar-refractivity contribution >= 4 is 17.7 Å². The molecule has 1 fully saturated rings. The minimum Gasteiger partial charge on any atom is -0.351 e. The zero-order chi connectivity index (χ0) is 22.9. The third-order valence-corrected chi connectivity index (χ3v) is 6.73. The SMILES string of the molecule is Cc1ccc(CCNC(=O)c2cc3n(n2)CC(C)(C(=O)NC2CCCC2)N(C)C3=O)cc1. The Hall–Kier alpha value is -3.16. The van der Waals surface area contributed by atoms with Gasteiger partial charge in [0.15, 0.2) is 5.69 Å². The number of nitrogens with zero attached hydrogens (tertiary/aromatic N) is 3. The predicted molar refractivity (Wildman–Crippen MR) is 120 cm³/mol. The van der Waals surface area contributed by atoms with E-state index in [0.29, 0.717) is 18.7 Å². The number of hydrogen-bond donors (Lipinski definition) is 2. The van der Waals surface area contributed by atoms with Crippen molar-refractivity contribution in [1.29, 1.82) is 0 Å². The Labute approximate surface area is 188 Å². The van der Waals surface area contributed by atoms with Crippen molar-refractivity contribution in [3.63, 3.8) is 0 Å². The minimum atomic E-state index is -1.06. The maximum absolute atomic E-state index is 13.1. The number of aryl methyl sites for hydroxylation is 1. The maximum Gasteiger partial charge on any atom is 0.272 e. The molecule has 2 heterocycles. The highest BCUT2D eigenvalue weighted by molar-refractivity contribution is 6.01. The van der Waals surface area contributed by atoms with Crippen molar-refractivity contribution in [2.24, 2.45) is 0 Å². The number of hydrogen-bond acceptors (Lipinski definition) is 4. The lowest BCUT2D eigenvalue weighted by atomic mass is 9.95. The molecule has 0 spiro atoms. The van der Waals surface area contributed by atoms with E-state index in [0.717, 1.165) is 31.2 Å². The van der Waals surface area contributed by atoms with Crippen LogP contribution in [0.1, 0.15) is 64.7 Å². The van der Waals surface area contributed by atoms with E-state index in [1.165, 1.54) is 21.2 Å². The van der Waals surface area contributed by atoms with Gasteiger partial charge in [0.25, 0.3) is 11.8 Å². The van der Waals surface area contributed by atoms with Gasteiger partial charge < -0.3 is 15.5 Å². The van der Waals surface area contributed by atoms with Crippen molar-refractivity contribution in [2.45, 2.75) is 64.1 Å². The van der Waals surface area contributed by atoms with Crippen LogP contribution in [0.15, 0.2) is 30.3 Å². The van der Waals surface area contributed by atoms with Gasteiger partial charge in [-0.1, -0.05) is 42.7 Å². The molecule has 1 saturated carbocycles. The molecule has 0 bridgehead atoms. The van der Waals surface area contributed by atoms with Gasteiger partial charge in [0.2, 0.25) is 5.91 Å². The van der Waals surface area contributed by atoms with E-state index in [9.17, 15) is 14.4 Å². The van der Waals surface area contributed by atoms with Gasteiger partial charge in [-0.3, -0.25) is 19.1 Å². The Kier molecular flexibility index (Phi) is 6.04. The average Bonchev–Trinajstić information content (AvgIpc) is 3.43. The second kappa shape index (κ2) is 8.76. The quantitative estimate of drug-likeness (QED) is 0.723. The van der Waals surface area contributed by atoms with Crippen molar-refractivity contribution in [2.75, 3.05) is 13.6 Å². The van der Waals surface area contributed by atoms with Crippen LogP contribution in [0.2, 0.25) is 0 Å². The molecule has 1 unspecified atom stereocenters. The standard InChI is InChI=1S/C24H31N5O3/c1-16-8-10-17(11-9-16)12-13-25-21(30)19-14-20-22(31)28(3)24(2,15-29(20)27-19)23(32)26-18-6-4-5-7-18/h8-11,14,18H,4-7,12-13,15H2,1-3H3,(H,25,30)(H,26,32). The largest absolute Gasteiger partial charge is 0.351 e. The number of aromatic nitrogens is 2. The zero-order valence-corrected chi connectivity index (χ0v) is 19.0. The van der Waals surface area contributed by atoms with Crippen LogP contribution in [-0.4, -0.2) is 57.6 Å². The fraction of sp³-hybridized carbons (Fsp3) is 0.500. The van der Waals surface area contributed by atoms with Crippen LogP contribution in [0.25, 0.3) is 0 Å². The van der Waals surface area contributed by atoms with Gasteiger partial charge in [-0.25, -0.2) is 0 Å². The summed E-state index contributed by atoms with van der Waals surface area (Å²) in [5.74, 6) is -0.816. The summed E-state index contributed by atoms with van der Waals surface area (Å²) in [5.41, 5.74) is 1.78. The average molecular weight is 438 g/mol. The predicted octanol–water partition coefficient (Wildman–Crippen LogP) is 2.07. The van der Waals surface area contributed by atoms with E-state index < -0.39 is 5.54 Å². The van der Waals surface area contributed by atoms with E-state index in [2.05, 4.69) is 15.7 Å². The van der Waals surface area contributed by atoms with Crippen LogP contribution in [0, 0.1) is 6.92 Å². The molecule has 2 aromatic rings. The Balaban J connectivity index is 1.43. The summed E-state index contributed by atoms with van der Waals surface area (Å²) in [4.78, 5) is 40.1. The Morgan fingerprint density at radius 1 is 1.19 bits per heavy atom. The lowest BCUT2D eigenvalue weighted by molar-refractivity contribution is -0.133. The van der Waals surface area contributed by atoms with Crippen LogP contribution >= 0.6 is 0 Å². The molecule has 1 aliphatic heterocycles. The van der Waals surface area contributed by atoms with Crippen LogP contribution in [0.3, 0.4) is 0 Å². The number of fused-ring (bicyclic) bond motifs is 1. The van der Waals surface area contributed by atoms with Gasteiger partial charge in [-0.15, -0.1) is 0 Å². The molecule has 2 N–H and O–H groups in total. The first-order valence-corrected chi connectivity index (χ1v) is 11.3. The fourth-order valence-corrected chi connectivity index (χ4v) is 4.41. The second-order valence-corrected chi connectivity index (χ2v) is 9.16. The van der Waals surface area contributed by atoms with E-state index in [1.54, 1.807) is 14.0 Å². The Bertz CT molecular complexity index is 1020. The first-order chi connectivity index (χ1) is 15.3. The van der Waals surface area contributed by atoms with E-state index >= 15 is 0 Å². The van der Waals surface area contributed by atoms with Crippen molar-refractivity contribution < 1.29 is 14.4 Å². The highest BCUT2D eigenvalue weighted by Gasteiger charge is 2.46. The van der Waals surface area contributed by atoms with E-state index in [4.69, 9.17) is 0 Å². The fourth-order valence-electron chi connectivity index (χ4n) is 4.41. The molecular weight excluding hydrogens is 406 g/mol. The Morgan fingerprint density at radius 2 is 1.88 bits per heavy atom. The number of benzene rings is 1. The lowest BCUT2D eigenvalue weighted by Crippen LogP contribution is -2.63. The molecular formula is C24H31N5O3. The van der Waals surface area contributed by atoms with Gasteiger partial charge >= 0.3 is 0 Å². The normalized spacial score (nSPS) is 20.8. The summed E-state index contributed by atoms with van der Waals surface area (Å²) >= 11 is 0. The molecule has 3 amide bonds. The summed E-state index contributed by atoms with van der Waals surface area (Å²) in [6, 6.07) is 9.85.